The lowest BCUT2D eigenvalue weighted by molar-refractivity contribution is 0.0902. The maximum atomic E-state index is 12.6. The normalized spacial score (nSPS) is 22.3. The zero-order valence-electron chi connectivity index (χ0n) is 12.4. The summed E-state index contributed by atoms with van der Waals surface area (Å²) in [5.74, 6) is 0.830. The second-order valence-electron chi connectivity index (χ2n) is 5.99. The highest BCUT2D eigenvalue weighted by Gasteiger charge is 2.34. The van der Waals surface area contributed by atoms with Gasteiger partial charge in [-0.1, -0.05) is 67.6 Å². The molecule has 3 rings (SSSR count). The Morgan fingerprint density at radius 2 is 1.62 bits per heavy atom. The number of likely N-dealkylation sites (tertiary alicyclic amines) is 1. The van der Waals surface area contributed by atoms with Gasteiger partial charge in [-0.05, 0) is 11.5 Å². The minimum atomic E-state index is 0.121. The second-order valence-corrected chi connectivity index (χ2v) is 5.99. The predicted molar refractivity (Wildman–Crippen MR) is 85.1 cm³/mol. The molecule has 0 spiro atoms. The van der Waals surface area contributed by atoms with E-state index in [4.69, 9.17) is 0 Å². The number of Topliss-reactive ketones (excluding diaryl/α,β-unsaturated/α-hetero) is 1. The first kappa shape index (κ1) is 14.0. The zero-order valence-corrected chi connectivity index (χ0v) is 12.4. The topological polar surface area (TPSA) is 20.3 Å². The van der Waals surface area contributed by atoms with E-state index >= 15 is 0 Å². The van der Waals surface area contributed by atoms with Crippen LogP contribution in [-0.4, -0.2) is 23.8 Å². The molecule has 0 N–H and O–H groups in total. The van der Waals surface area contributed by atoms with Crippen LogP contribution in [0.3, 0.4) is 0 Å². The molecule has 0 aliphatic carbocycles. The molecule has 2 unspecified atom stereocenters. The van der Waals surface area contributed by atoms with Gasteiger partial charge in [0.15, 0.2) is 5.78 Å². The number of carbonyl (C=O) groups excluding carboxylic acids is 1. The van der Waals surface area contributed by atoms with Crippen LogP contribution < -0.4 is 0 Å². The summed E-state index contributed by atoms with van der Waals surface area (Å²) in [5.41, 5.74) is 2.16. The van der Waals surface area contributed by atoms with Crippen LogP contribution in [0.2, 0.25) is 0 Å². The molecule has 2 nitrogen and oxygen atoms in total. The summed E-state index contributed by atoms with van der Waals surface area (Å²) in [7, 11) is 0. The molecule has 0 amide bonds. The lowest BCUT2D eigenvalue weighted by Gasteiger charge is -2.15. The van der Waals surface area contributed by atoms with Gasteiger partial charge in [-0.2, -0.15) is 0 Å². The molecule has 0 saturated carbocycles. The molecule has 0 bridgehead atoms. The molecule has 1 fully saturated rings. The van der Waals surface area contributed by atoms with E-state index < -0.39 is 0 Å². The highest BCUT2D eigenvalue weighted by Crippen LogP contribution is 2.27. The Hall–Kier alpha value is -1.93. The summed E-state index contributed by atoms with van der Waals surface area (Å²) in [5, 5.41) is 0. The molecular weight excluding hydrogens is 258 g/mol. The Bertz CT molecular complexity index is 593. The first-order valence-corrected chi connectivity index (χ1v) is 7.59. The summed E-state index contributed by atoms with van der Waals surface area (Å²) in [4.78, 5) is 15.0. The van der Waals surface area contributed by atoms with Crippen molar-refractivity contribution >= 4 is 5.78 Å². The van der Waals surface area contributed by atoms with Gasteiger partial charge in [0.05, 0.1) is 0 Å². The van der Waals surface area contributed by atoms with Crippen LogP contribution in [0.15, 0.2) is 60.7 Å². The standard InChI is InChI=1S/C19H21NO/c1-15-12-20(13-16-8-4-2-5-9-16)14-18(15)19(21)17-10-6-3-7-11-17/h2-11,15,18H,12-14H2,1H3. The summed E-state index contributed by atoms with van der Waals surface area (Å²) in [6.07, 6.45) is 0. The van der Waals surface area contributed by atoms with Gasteiger partial charge in [0.1, 0.15) is 0 Å². The second kappa shape index (κ2) is 6.23. The summed E-state index contributed by atoms with van der Waals surface area (Å²) in [6.45, 7) is 4.99. The van der Waals surface area contributed by atoms with E-state index in [1.165, 1.54) is 5.56 Å². The third-order valence-electron chi connectivity index (χ3n) is 4.33. The van der Waals surface area contributed by atoms with Crippen molar-refractivity contribution in [3.63, 3.8) is 0 Å². The molecule has 2 heteroatoms. The predicted octanol–water partition coefficient (Wildman–Crippen LogP) is 3.64. The number of benzene rings is 2. The minimum absolute atomic E-state index is 0.121. The third kappa shape index (κ3) is 3.22. The van der Waals surface area contributed by atoms with Crippen molar-refractivity contribution in [1.82, 2.24) is 4.90 Å². The summed E-state index contributed by atoms with van der Waals surface area (Å²) < 4.78 is 0. The van der Waals surface area contributed by atoms with E-state index in [2.05, 4.69) is 36.1 Å². The monoisotopic (exact) mass is 279 g/mol. The lowest BCUT2D eigenvalue weighted by Crippen LogP contribution is -2.23. The van der Waals surface area contributed by atoms with Crippen LogP contribution in [0.1, 0.15) is 22.8 Å². The first-order valence-electron chi connectivity index (χ1n) is 7.59. The van der Waals surface area contributed by atoms with Crippen molar-refractivity contribution in [2.45, 2.75) is 13.5 Å². The lowest BCUT2D eigenvalue weighted by atomic mass is 9.90. The number of ketones is 1. The maximum Gasteiger partial charge on any atom is 0.167 e. The average Bonchev–Trinajstić information content (AvgIpc) is 2.89. The SMILES string of the molecule is CC1CN(Cc2ccccc2)CC1C(=O)c1ccccc1. The molecule has 21 heavy (non-hydrogen) atoms. The van der Waals surface area contributed by atoms with Crippen molar-refractivity contribution < 1.29 is 4.79 Å². The molecule has 0 aromatic heterocycles. The number of hydrogen-bond acceptors (Lipinski definition) is 2. The fourth-order valence-corrected chi connectivity index (χ4v) is 3.20. The number of carbonyl (C=O) groups is 1. The molecule has 2 aromatic carbocycles. The molecule has 108 valence electrons. The van der Waals surface area contributed by atoms with E-state index in [-0.39, 0.29) is 5.92 Å². The fraction of sp³-hybridized carbons (Fsp3) is 0.316. The number of nitrogens with zero attached hydrogens (tertiary/aromatic N) is 1. The number of rotatable bonds is 4. The van der Waals surface area contributed by atoms with Gasteiger partial charge in [0.2, 0.25) is 0 Å². The molecule has 2 atom stereocenters. The highest BCUT2D eigenvalue weighted by molar-refractivity contribution is 5.98. The Labute approximate surface area is 126 Å². The van der Waals surface area contributed by atoms with Crippen LogP contribution in [0, 0.1) is 11.8 Å². The van der Waals surface area contributed by atoms with E-state index in [1.807, 2.05) is 36.4 Å². The summed E-state index contributed by atoms with van der Waals surface area (Å²) in [6, 6.07) is 20.2. The minimum Gasteiger partial charge on any atom is -0.298 e. The number of hydrogen-bond donors (Lipinski definition) is 0. The maximum absolute atomic E-state index is 12.6. The van der Waals surface area contributed by atoms with Gasteiger partial charge in [-0.3, -0.25) is 9.69 Å². The molecular formula is C19H21NO. The largest absolute Gasteiger partial charge is 0.298 e. The van der Waals surface area contributed by atoms with E-state index in [0.29, 0.717) is 11.7 Å². The zero-order chi connectivity index (χ0) is 14.7. The summed E-state index contributed by atoms with van der Waals surface area (Å²) >= 11 is 0. The van der Waals surface area contributed by atoms with Gasteiger partial charge in [-0.25, -0.2) is 0 Å². The Morgan fingerprint density at radius 3 is 2.29 bits per heavy atom. The average molecular weight is 279 g/mol. The van der Waals surface area contributed by atoms with Crippen molar-refractivity contribution in [2.75, 3.05) is 13.1 Å². The van der Waals surface area contributed by atoms with Crippen molar-refractivity contribution in [3.8, 4) is 0 Å². The van der Waals surface area contributed by atoms with Gasteiger partial charge < -0.3 is 0 Å². The Kier molecular flexibility index (Phi) is 4.16. The molecule has 1 heterocycles. The van der Waals surface area contributed by atoms with Gasteiger partial charge in [-0.15, -0.1) is 0 Å². The smallest absolute Gasteiger partial charge is 0.167 e. The highest BCUT2D eigenvalue weighted by atomic mass is 16.1. The molecule has 2 aromatic rings. The third-order valence-corrected chi connectivity index (χ3v) is 4.33. The molecule has 0 radical (unpaired) electrons. The van der Waals surface area contributed by atoms with E-state index in [9.17, 15) is 4.79 Å². The Balaban J connectivity index is 1.67. The molecule has 1 saturated heterocycles. The van der Waals surface area contributed by atoms with Crippen LogP contribution in [0.5, 0.6) is 0 Å². The molecule has 1 aliphatic heterocycles. The van der Waals surface area contributed by atoms with Crippen LogP contribution in [0.25, 0.3) is 0 Å². The van der Waals surface area contributed by atoms with Crippen LogP contribution in [-0.2, 0) is 6.54 Å². The van der Waals surface area contributed by atoms with Crippen molar-refractivity contribution in [1.29, 1.82) is 0 Å². The van der Waals surface area contributed by atoms with E-state index in [1.54, 1.807) is 0 Å². The van der Waals surface area contributed by atoms with Gasteiger partial charge in [0, 0.05) is 31.1 Å². The Morgan fingerprint density at radius 1 is 1.00 bits per heavy atom. The fourth-order valence-electron chi connectivity index (χ4n) is 3.20. The van der Waals surface area contributed by atoms with Gasteiger partial charge >= 0.3 is 0 Å². The van der Waals surface area contributed by atoms with Crippen LogP contribution in [0.4, 0.5) is 0 Å². The van der Waals surface area contributed by atoms with Crippen LogP contribution >= 0.6 is 0 Å². The van der Waals surface area contributed by atoms with Crippen molar-refractivity contribution in [2.24, 2.45) is 11.8 Å². The molecule has 1 aliphatic rings. The first-order chi connectivity index (χ1) is 10.2. The quantitative estimate of drug-likeness (QED) is 0.796. The van der Waals surface area contributed by atoms with Gasteiger partial charge in [0.25, 0.3) is 0 Å². The van der Waals surface area contributed by atoms with E-state index in [0.717, 1.165) is 25.2 Å². The van der Waals surface area contributed by atoms with Crippen molar-refractivity contribution in [3.05, 3.63) is 71.8 Å².